The molecule has 0 saturated heterocycles. The first-order valence-corrected chi connectivity index (χ1v) is 8.08. The molecule has 3 rings (SSSR count). The highest BCUT2D eigenvalue weighted by molar-refractivity contribution is 6.02. The van der Waals surface area contributed by atoms with Gasteiger partial charge in [0.15, 0.2) is 0 Å². The Hall–Kier alpha value is -2.60. The summed E-state index contributed by atoms with van der Waals surface area (Å²) in [5, 5.41) is 2.94. The van der Waals surface area contributed by atoms with Gasteiger partial charge in [-0.2, -0.15) is 0 Å². The van der Waals surface area contributed by atoms with E-state index in [1.54, 1.807) is 6.26 Å². The number of aryl methyl sites for hydroxylation is 1. The van der Waals surface area contributed by atoms with Crippen LogP contribution < -0.4 is 5.32 Å². The van der Waals surface area contributed by atoms with Gasteiger partial charge in [0.1, 0.15) is 11.6 Å². The monoisotopic (exact) mass is 326 g/mol. The number of furan rings is 1. The van der Waals surface area contributed by atoms with Crippen LogP contribution in [0.5, 0.6) is 0 Å². The minimum Gasteiger partial charge on any atom is -0.464 e. The smallest absolute Gasteiger partial charge is 0.251 e. The van der Waals surface area contributed by atoms with Crippen molar-refractivity contribution in [2.45, 2.75) is 13.3 Å². The number of carbonyl (C=O) groups is 1. The maximum absolute atomic E-state index is 12.5. The summed E-state index contributed by atoms with van der Waals surface area (Å²) in [5.41, 5.74) is 3.09. The van der Waals surface area contributed by atoms with E-state index >= 15 is 0 Å². The number of nitrogens with zero attached hydrogens (tertiary/aromatic N) is 2. The Morgan fingerprint density at radius 2 is 2.21 bits per heavy atom. The van der Waals surface area contributed by atoms with Crippen molar-refractivity contribution in [2.24, 2.45) is 0 Å². The van der Waals surface area contributed by atoms with Gasteiger partial charge in [-0.3, -0.25) is 4.79 Å². The average molecular weight is 326 g/mol. The summed E-state index contributed by atoms with van der Waals surface area (Å²) in [6.45, 7) is 3.44. The first kappa shape index (κ1) is 16.3. The van der Waals surface area contributed by atoms with E-state index in [9.17, 15) is 4.79 Å². The molecule has 126 valence electrons. The van der Waals surface area contributed by atoms with Crippen LogP contribution in [0.3, 0.4) is 0 Å². The topological polar surface area (TPSA) is 74.2 Å². The van der Waals surface area contributed by atoms with Gasteiger partial charge in [-0.15, -0.1) is 0 Å². The lowest BCUT2D eigenvalue weighted by Gasteiger charge is -2.11. The highest BCUT2D eigenvalue weighted by Crippen LogP contribution is 2.29. The zero-order valence-electron chi connectivity index (χ0n) is 14.2. The van der Waals surface area contributed by atoms with Crippen LogP contribution in [0.15, 0.2) is 34.9 Å². The molecule has 0 saturated carbocycles. The normalized spacial score (nSPS) is 11.3. The molecule has 6 heteroatoms. The van der Waals surface area contributed by atoms with Gasteiger partial charge in [0, 0.05) is 30.6 Å². The molecule has 0 bridgehead atoms. The number of fused-ring (bicyclic) bond motifs is 1. The van der Waals surface area contributed by atoms with Crippen LogP contribution in [-0.4, -0.2) is 48.0 Å². The Balaban J connectivity index is 1.98. The number of amides is 1. The molecule has 2 N–H and O–H groups in total. The van der Waals surface area contributed by atoms with Crippen molar-refractivity contribution in [3.8, 4) is 11.3 Å². The average Bonchev–Trinajstić information content (AvgIpc) is 3.22. The van der Waals surface area contributed by atoms with E-state index in [1.165, 1.54) is 0 Å². The predicted octanol–water partition coefficient (Wildman–Crippen LogP) is 2.68. The SMILES string of the molecule is CCc1nc2c(-c3ccco3)cc(C(=O)NCCN(C)C)cc2[nH]1. The maximum Gasteiger partial charge on any atom is 0.251 e. The zero-order chi connectivity index (χ0) is 17.1. The molecule has 0 radical (unpaired) electrons. The number of imidazole rings is 1. The maximum atomic E-state index is 12.5. The number of benzene rings is 1. The van der Waals surface area contributed by atoms with Crippen molar-refractivity contribution in [3.63, 3.8) is 0 Å². The standard InChI is InChI=1S/C18H22N4O2/c1-4-16-20-14-11-12(18(23)19-7-8-22(2)3)10-13(17(14)21-16)15-6-5-9-24-15/h5-6,9-11H,4,7-8H2,1-3H3,(H,19,23)(H,20,21). The molecule has 0 fully saturated rings. The van der Waals surface area contributed by atoms with Gasteiger partial charge >= 0.3 is 0 Å². The summed E-state index contributed by atoms with van der Waals surface area (Å²) in [4.78, 5) is 22.4. The van der Waals surface area contributed by atoms with Gasteiger partial charge in [-0.05, 0) is 38.4 Å². The number of aromatic nitrogens is 2. The largest absolute Gasteiger partial charge is 0.464 e. The van der Waals surface area contributed by atoms with Crippen LogP contribution in [0.2, 0.25) is 0 Å². The molecule has 0 aliphatic carbocycles. The van der Waals surface area contributed by atoms with Crippen molar-refractivity contribution < 1.29 is 9.21 Å². The molecule has 0 spiro atoms. The Morgan fingerprint density at radius 3 is 2.88 bits per heavy atom. The third-order valence-corrected chi connectivity index (χ3v) is 3.86. The number of hydrogen-bond acceptors (Lipinski definition) is 4. The summed E-state index contributed by atoms with van der Waals surface area (Å²) in [5.74, 6) is 1.50. The van der Waals surface area contributed by atoms with Gasteiger partial charge < -0.3 is 19.6 Å². The lowest BCUT2D eigenvalue weighted by Crippen LogP contribution is -2.31. The summed E-state index contributed by atoms with van der Waals surface area (Å²) >= 11 is 0. The Kier molecular flexibility index (Phi) is 4.66. The fourth-order valence-electron chi connectivity index (χ4n) is 2.58. The lowest BCUT2D eigenvalue weighted by molar-refractivity contribution is 0.0951. The van der Waals surface area contributed by atoms with E-state index in [2.05, 4.69) is 15.3 Å². The van der Waals surface area contributed by atoms with Crippen LogP contribution >= 0.6 is 0 Å². The number of H-pyrrole nitrogens is 1. The molecular weight excluding hydrogens is 304 g/mol. The van der Waals surface area contributed by atoms with Crippen molar-refractivity contribution in [2.75, 3.05) is 27.2 Å². The molecular formula is C18H22N4O2. The fraction of sp³-hybridized carbons (Fsp3) is 0.333. The van der Waals surface area contributed by atoms with Gasteiger partial charge in [0.2, 0.25) is 0 Å². The number of hydrogen-bond donors (Lipinski definition) is 2. The quantitative estimate of drug-likeness (QED) is 0.730. The Morgan fingerprint density at radius 1 is 1.38 bits per heavy atom. The fourth-order valence-corrected chi connectivity index (χ4v) is 2.58. The summed E-state index contributed by atoms with van der Waals surface area (Å²) < 4.78 is 5.53. The van der Waals surface area contributed by atoms with Crippen LogP contribution in [0.4, 0.5) is 0 Å². The van der Waals surface area contributed by atoms with Crippen molar-refractivity contribution >= 4 is 16.9 Å². The van der Waals surface area contributed by atoms with Crippen molar-refractivity contribution in [3.05, 3.63) is 41.9 Å². The second-order valence-corrected chi connectivity index (χ2v) is 5.99. The van der Waals surface area contributed by atoms with Crippen LogP contribution in [0, 0.1) is 0 Å². The molecule has 3 aromatic rings. The zero-order valence-corrected chi connectivity index (χ0v) is 14.2. The van der Waals surface area contributed by atoms with E-state index in [-0.39, 0.29) is 5.91 Å². The Labute approximate surface area is 140 Å². The minimum absolute atomic E-state index is 0.0980. The van der Waals surface area contributed by atoms with Gasteiger partial charge in [0.05, 0.1) is 17.3 Å². The van der Waals surface area contributed by atoms with Crippen LogP contribution in [-0.2, 0) is 6.42 Å². The molecule has 24 heavy (non-hydrogen) atoms. The summed E-state index contributed by atoms with van der Waals surface area (Å²) in [6.07, 6.45) is 2.43. The minimum atomic E-state index is -0.0980. The van der Waals surface area contributed by atoms with Crippen molar-refractivity contribution in [1.29, 1.82) is 0 Å². The van der Waals surface area contributed by atoms with E-state index in [0.717, 1.165) is 35.4 Å². The molecule has 2 heterocycles. The highest BCUT2D eigenvalue weighted by Gasteiger charge is 2.16. The third kappa shape index (κ3) is 3.33. The molecule has 0 aliphatic rings. The third-order valence-electron chi connectivity index (χ3n) is 3.86. The number of likely N-dealkylation sites (N-methyl/N-ethyl adjacent to an activating group) is 1. The van der Waals surface area contributed by atoms with E-state index in [0.29, 0.717) is 17.9 Å². The molecule has 1 aromatic carbocycles. The second-order valence-electron chi connectivity index (χ2n) is 5.99. The molecule has 1 amide bonds. The lowest BCUT2D eigenvalue weighted by atomic mass is 10.1. The molecule has 6 nitrogen and oxygen atoms in total. The molecule has 2 aromatic heterocycles. The van der Waals surface area contributed by atoms with E-state index in [1.807, 2.05) is 50.2 Å². The van der Waals surface area contributed by atoms with Crippen LogP contribution in [0.1, 0.15) is 23.1 Å². The first-order chi connectivity index (χ1) is 11.6. The van der Waals surface area contributed by atoms with E-state index < -0.39 is 0 Å². The number of rotatable bonds is 6. The molecule has 0 aliphatic heterocycles. The molecule has 0 unspecified atom stereocenters. The predicted molar refractivity (Wildman–Crippen MR) is 94.1 cm³/mol. The summed E-state index contributed by atoms with van der Waals surface area (Å²) in [7, 11) is 3.95. The van der Waals surface area contributed by atoms with Gasteiger partial charge in [-0.1, -0.05) is 6.92 Å². The number of carbonyl (C=O) groups excluding carboxylic acids is 1. The number of aromatic amines is 1. The highest BCUT2D eigenvalue weighted by atomic mass is 16.3. The van der Waals surface area contributed by atoms with Gasteiger partial charge in [-0.25, -0.2) is 4.98 Å². The Bertz CT molecular complexity index is 834. The first-order valence-electron chi connectivity index (χ1n) is 8.08. The van der Waals surface area contributed by atoms with Gasteiger partial charge in [0.25, 0.3) is 5.91 Å². The van der Waals surface area contributed by atoms with Crippen molar-refractivity contribution in [1.82, 2.24) is 20.2 Å². The second kappa shape index (κ2) is 6.88. The molecule has 0 atom stereocenters. The summed E-state index contributed by atoms with van der Waals surface area (Å²) in [6, 6.07) is 7.40. The van der Waals surface area contributed by atoms with E-state index in [4.69, 9.17) is 4.42 Å². The number of nitrogens with one attached hydrogen (secondary N) is 2. The van der Waals surface area contributed by atoms with Crippen LogP contribution in [0.25, 0.3) is 22.4 Å².